The molecule has 134 valence electrons. The lowest BCUT2D eigenvalue weighted by Crippen LogP contribution is -2.37. The molecule has 0 amide bonds. The smallest absolute Gasteiger partial charge is 0.123 e. The quantitative estimate of drug-likeness (QED) is 0.779. The number of rotatable bonds is 5. The number of aliphatic hydroxyl groups is 1. The van der Waals surface area contributed by atoms with Gasteiger partial charge in [0.2, 0.25) is 0 Å². The lowest BCUT2D eigenvalue weighted by molar-refractivity contribution is 0.145. The molecule has 2 aromatic rings. The minimum atomic E-state index is -0.248. The highest BCUT2D eigenvalue weighted by Crippen LogP contribution is 2.30. The van der Waals surface area contributed by atoms with E-state index in [1.807, 2.05) is 25.1 Å². The molecule has 1 atom stereocenters. The normalized spacial score (nSPS) is 16.8. The standard InChI is InChI=1S/C20H25FN2O2/c1-14(22-13-15-3-2-4-18(25)11-15)19-12-16(21)5-6-20(19)23-9-7-17(24)8-10-23/h2-6,11-12,14,17,22,24-25H,7-10,13H2,1H3. The van der Waals surface area contributed by atoms with Crippen LogP contribution in [0.2, 0.25) is 0 Å². The zero-order valence-corrected chi connectivity index (χ0v) is 14.5. The highest BCUT2D eigenvalue weighted by molar-refractivity contribution is 5.55. The maximum atomic E-state index is 13.8. The molecule has 1 aliphatic heterocycles. The maximum Gasteiger partial charge on any atom is 0.123 e. The Kier molecular flexibility index (Phi) is 5.56. The van der Waals surface area contributed by atoms with Crippen LogP contribution in [0.1, 0.15) is 36.9 Å². The van der Waals surface area contributed by atoms with Crippen LogP contribution in [0.3, 0.4) is 0 Å². The molecule has 1 aliphatic rings. The van der Waals surface area contributed by atoms with Crippen molar-refractivity contribution in [3.63, 3.8) is 0 Å². The molecular weight excluding hydrogens is 319 g/mol. The molecule has 0 aliphatic carbocycles. The van der Waals surface area contributed by atoms with Crippen molar-refractivity contribution < 1.29 is 14.6 Å². The van der Waals surface area contributed by atoms with Gasteiger partial charge in [0.1, 0.15) is 11.6 Å². The number of hydrogen-bond donors (Lipinski definition) is 3. The van der Waals surface area contributed by atoms with E-state index in [4.69, 9.17) is 0 Å². The second kappa shape index (κ2) is 7.85. The molecule has 3 rings (SSSR count). The minimum Gasteiger partial charge on any atom is -0.508 e. The second-order valence-corrected chi connectivity index (χ2v) is 6.69. The molecule has 1 fully saturated rings. The summed E-state index contributed by atoms with van der Waals surface area (Å²) in [5, 5.41) is 22.7. The zero-order chi connectivity index (χ0) is 17.8. The topological polar surface area (TPSA) is 55.7 Å². The first-order chi connectivity index (χ1) is 12.0. The number of aromatic hydroxyl groups is 1. The van der Waals surface area contributed by atoms with Crippen LogP contribution in [0.15, 0.2) is 42.5 Å². The molecule has 1 heterocycles. The van der Waals surface area contributed by atoms with Gasteiger partial charge in [-0.25, -0.2) is 4.39 Å². The number of nitrogens with zero attached hydrogens (tertiary/aromatic N) is 1. The molecular formula is C20H25FN2O2. The van der Waals surface area contributed by atoms with E-state index in [0.29, 0.717) is 6.54 Å². The molecule has 5 heteroatoms. The molecule has 0 aromatic heterocycles. The first-order valence-electron chi connectivity index (χ1n) is 8.76. The molecule has 4 nitrogen and oxygen atoms in total. The van der Waals surface area contributed by atoms with E-state index in [1.54, 1.807) is 18.2 Å². The molecule has 1 saturated heterocycles. The van der Waals surface area contributed by atoms with E-state index in [-0.39, 0.29) is 23.7 Å². The van der Waals surface area contributed by atoms with Crippen LogP contribution in [-0.4, -0.2) is 29.4 Å². The Morgan fingerprint density at radius 1 is 1.20 bits per heavy atom. The number of hydrogen-bond acceptors (Lipinski definition) is 4. The number of benzene rings is 2. The van der Waals surface area contributed by atoms with Crippen LogP contribution in [-0.2, 0) is 6.54 Å². The number of piperidine rings is 1. The van der Waals surface area contributed by atoms with Gasteiger partial charge in [-0.2, -0.15) is 0 Å². The van der Waals surface area contributed by atoms with Crippen molar-refractivity contribution >= 4 is 5.69 Å². The van der Waals surface area contributed by atoms with Crippen LogP contribution in [0, 0.1) is 5.82 Å². The van der Waals surface area contributed by atoms with Gasteiger partial charge in [-0.1, -0.05) is 12.1 Å². The molecule has 2 aromatic carbocycles. The number of nitrogens with one attached hydrogen (secondary N) is 1. The van der Waals surface area contributed by atoms with Crippen molar-refractivity contribution in [1.82, 2.24) is 5.32 Å². The fraction of sp³-hybridized carbons (Fsp3) is 0.400. The van der Waals surface area contributed by atoms with Crippen molar-refractivity contribution in [1.29, 1.82) is 0 Å². The average molecular weight is 344 g/mol. The summed E-state index contributed by atoms with van der Waals surface area (Å²) in [6.45, 7) is 4.16. The highest BCUT2D eigenvalue weighted by Gasteiger charge is 2.21. The molecule has 25 heavy (non-hydrogen) atoms. The third-order valence-electron chi connectivity index (χ3n) is 4.78. The van der Waals surface area contributed by atoms with Crippen LogP contribution in [0.25, 0.3) is 0 Å². The number of anilines is 1. The summed E-state index contributed by atoms with van der Waals surface area (Å²) in [6, 6.07) is 12.0. The van der Waals surface area contributed by atoms with Gasteiger partial charge in [-0.05, 0) is 61.2 Å². The molecule has 3 N–H and O–H groups in total. The Morgan fingerprint density at radius 3 is 2.68 bits per heavy atom. The second-order valence-electron chi connectivity index (χ2n) is 6.69. The lowest BCUT2D eigenvalue weighted by atomic mass is 10.0. The first kappa shape index (κ1) is 17.7. The van der Waals surface area contributed by atoms with Crippen LogP contribution in [0.5, 0.6) is 5.75 Å². The predicted molar refractivity (Wildman–Crippen MR) is 97.2 cm³/mol. The molecule has 0 saturated carbocycles. The van der Waals surface area contributed by atoms with Crippen molar-refractivity contribution in [3.05, 3.63) is 59.4 Å². The maximum absolute atomic E-state index is 13.8. The molecule has 0 bridgehead atoms. The summed E-state index contributed by atoms with van der Waals surface area (Å²) >= 11 is 0. The Balaban J connectivity index is 1.74. The van der Waals surface area contributed by atoms with Crippen LogP contribution < -0.4 is 10.2 Å². The SMILES string of the molecule is CC(NCc1cccc(O)c1)c1cc(F)ccc1N1CCC(O)CC1. The summed E-state index contributed by atoms with van der Waals surface area (Å²) in [5.41, 5.74) is 2.91. The van der Waals surface area contributed by atoms with E-state index >= 15 is 0 Å². The van der Waals surface area contributed by atoms with E-state index < -0.39 is 0 Å². The summed E-state index contributed by atoms with van der Waals surface area (Å²) in [5.74, 6) is -0.00734. The summed E-state index contributed by atoms with van der Waals surface area (Å²) in [6.07, 6.45) is 1.24. The van der Waals surface area contributed by atoms with Crippen LogP contribution >= 0.6 is 0 Å². The highest BCUT2D eigenvalue weighted by atomic mass is 19.1. The van der Waals surface area contributed by atoms with Crippen molar-refractivity contribution in [3.8, 4) is 5.75 Å². The largest absolute Gasteiger partial charge is 0.508 e. The van der Waals surface area contributed by atoms with Gasteiger partial charge >= 0.3 is 0 Å². The van der Waals surface area contributed by atoms with E-state index in [0.717, 1.165) is 42.7 Å². The van der Waals surface area contributed by atoms with Gasteiger partial charge in [0.15, 0.2) is 0 Å². The van der Waals surface area contributed by atoms with Gasteiger partial charge in [-0.3, -0.25) is 0 Å². The van der Waals surface area contributed by atoms with Crippen molar-refractivity contribution in [2.45, 2.75) is 38.5 Å². The summed E-state index contributed by atoms with van der Waals surface area (Å²) in [7, 11) is 0. The Morgan fingerprint density at radius 2 is 1.96 bits per heavy atom. The fourth-order valence-corrected chi connectivity index (χ4v) is 3.31. The Bertz CT molecular complexity index is 715. The monoisotopic (exact) mass is 344 g/mol. The summed E-state index contributed by atoms with van der Waals surface area (Å²) in [4.78, 5) is 2.22. The Labute approximate surface area is 147 Å². The molecule has 0 spiro atoms. The zero-order valence-electron chi connectivity index (χ0n) is 14.5. The number of aliphatic hydroxyl groups excluding tert-OH is 1. The number of halogens is 1. The van der Waals surface area contributed by atoms with Crippen molar-refractivity contribution in [2.75, 3.05) is 18.0 Å². The van der Waals surface area contributed by atoms with E-state index in [1.165, 1.54) is 6.07 Å². The molecule has 0 radical (unpaired) electrons. The van der Waals surface area contributed by atoms with Gasteiger partial charge in [0, 0.05) is 31.4 Å². The van der Waals surface area contributed by atoms with Gasteiger partial charge in [0.25, 0.3) is 0 Å². The third-order valence-corrected chi connectivity index (χ3v) is 4.78. The van der Waals surface area contributed by atoms with E-state index in [9.17, 15) is 14.6 Å². The lowest BCUT2D eigenvalue weighted by Gasteiger charge is -2.34. The first-order valence-corrected chi connectivity index (χ1v) is 8.76. The van der Waals surface area contributed by atoms with Crippen LogP contribution in [0.4, 0.5) is 10.1 Å². The molecule has 1 unspecified atom stereocenters. The summed E-state index contributed by atoms with van der Waals surface area (Å²) < 4.78 is 13.8. The van der Waals surface area contributed by atoms with Gasteiger partial charge < -0.3 is 20.4 Å². The predicted octanol–water partition coefficient (Wildman–Crippen LogP) is 3.34. The number of phenols is 1. The Hall–Kier alpha value is -2.11. The van der Waals surface area contributed by atoms with Crippen molar-refractivity contribution in [2.24, 2.45) is 0 Å². The minimum absolute atomic E-state index is 0.0418. The van der Waals surface area contributed by atoms with Gasteiger partial charge in [-0.15, -0.1) is 0 Å². The van der Waals surface area contributed by atoms with Gasteiger partial charge in [0.05, 0.1) is 6.10 Å². The number of phenolic OH excluding ortho intramolecular Hbond substituents is 1. The third kappa shape index (κ3) is 4.50. The average Bonchev–Trinajstić information content (AvgIpc) is 2.60. The van der Waals surface area contributed by atoms with E-state index in [2.05, 4.69) is 10.2 Å². The fourth-order valence-electron chi connectivity index (χ4n) is 3.31.